The zero-order valence-electron chi connectivity index (χ0n) is 12.4. The molecule has 1 aromatic carbocycles. The summed E-state index contributed by atoms with van der Waals surface area (Å²) in [6.07, 6.45) is 1.04. The van der Waals surface area contributed by atoms with Gasteiger partial charge in [-0.15, -0.1) is 0 Å². The molecule has 20 heavy (non-hydrogen) atoms. The predicted molar refractivity (Wildman–Crippen MR) is 77.2 cm³/mol. The Balaban J connectivity index is 2.53. The van der Waals surface area contributed by atoms with Crippen molar-refractivity contribution < 1.29 is 13.9 Å². The first kappa shape index (κ1) is 16.4. The number of rotatable bonds is 8. The van der Waals surface area contributed by atoms with E-state index < -0.39 is 5.82 Å². The fourth-order valence-corrected chi connectivity index (χ4v) is 1.61. The molecule has 0 heterocycles. The number of likely N-dealkylation sites (N-methyl/N-ethyl adjacent to an activating group) is 1. The number of nitrogens with zero attached hydrogens (tertiary/aromatic N) is 1. The molecule has 0 aromatic heterocycles. The number of ether oxygens (including phenoxy) is 1. The van der Waals surface area contributed by atoms with E-state index in [1.165, 1.54) is 11.0 Å². The molecule has 1 aromatic rings. The average Bonchev–Trinajstić information content (AvgIpc) is 2.45. The van der Waals surface area contributed by atoms with E-state index in [1.54, 1.807) is 19.2 Å². The van der Waals surface area contributed by atoms with E-state index in [1.807, 2.05) is 6.92 Å². The molecule has 0 unspecified atom stereocenters. The zero-order valence-corrected chi connectivity index (χ0v) is 12.4. The van der Waals surface area contributed by atoms with E-state index in [-0.39, 0.29) is 18.3 Å². The third-order valence-corrected chi connectivity index (χ3v) is 3.00. The van der Waals surface area contributed by atoms with Crippen molar-refractivity contribution in [2.75, 3.05) is 26.7 Å². The monoisotopic (exact) mass is 282 g/mol. The van der Waals surface area contributed by atoms with Crippen LogP contribution < -0.4 is 10.1 Å². The molecule has 112 valence electrons. The van der Waals surface area contributed by atoms with E-state index in [2.05, 4.69) is 12.2 Å². The van der Waals surface area contributed by atoms with Crippen molar-refractivity contribution in [2.24, 2.45) is 0 Å². The molecular weight excluding hydrogens is 259 g/mol. The minimum atomic E-state index is -0.437. The van der Waals surface area contributed by atoms with Gasteiger partial charge < -0.3 is 15.0 Å². The Morgan fingerprint density at radius 1 is 1.40 bits per heavy atom. The summed E-state index contributed by atoms with van der Waals surface area (Å²) in [5, 5.41) is 3.20. The number of carbonyl (C=O) groups excluding carboxylic acids is 1. The molecule has 1 amide bonds. The van der Waals surface area contributed by atoms with Gasteiger partial charge in [-0.2, -0.15) is 0 Å². The van der Waals surface area contributed by atoms with Gasteiger partial charge in [0, 0.05) is 20.1 Å². The van der Waals surface area contributed by atoms with Crippen molar-refractivity contribution >= 4 is 5.91 Å². The number of benzene rings is 1. The van der Waals surface area contributed by atoms with Crippen molar-refractivity contribution in [2.45, 2.75) is 26.8 Å². The van der Waals surface area contributed by atoms with E-state index in [0.717, 1.165) is 18.5 Å². The Hall–Kier alpha value is -1.62. The summed E-state index contributed by atoms with van der Waals surface area (Å²) < 4.78 is 19.0. The van der Waals surface area contributed by atoms with Crippen LogP contribution in [0.15, 0.2) is 18.2 Å². The number of amides is 1. The molecule has 0 saturated heterocycles. The maximum Gasteiger partial charge on any atom is 0.260 e. The number of nitrogens with one attached hydrogen (secondary N) is 1. The lowest BCUT2D eigenvalue weighted by Gasteiger charge is -2.15. The van der Waals surface area contributed by atoms with Gasteiger partial charge in [-0.05, 0) is 37.6 Å². The van der Waals surface area contributed by atoms with Gasteiger partial charge in [-0.1, -0.05) is 13.0 Å². The molecule has 0 spiro atoms. The number of carbonyl (C=O) groups is 1. The summed E-state index contributed by atoms with van der Waals surface area (Å²) >= 11 is 0. The average molecular weight is 282 g/mol. The van der Waals surface area contributed by atoms with E-state index in [0.29, 0.717) is 13.1 Å². The minimum Gasteiger partial charge on any atom is -0.481 e. The summed E-state index contributed by atoms with van der Waals surface area (Å²) in [5.74, 6) is -0.490. The minimum absolute atomic E-state index is 0.113. The summed E-state index contributed by atoms with van der Waals surface area (Å²) in [4.78, 5) is 13.1. The maximum absolute atomic E-state index is 13.8. The molecule has 5 heteroatoms. The quantitative estimate of drug-likeness (QED) is 0.743. The normalized spacial score (nSPS) is 10.4. The fraction of sp³-hybridized carbons (Fsp3) is 0.533. The Kier molecular flexibility index (Phi) is 7.01. The second-order valence-electron chi connectivity index (χ2n) is 4.64. The number of halogens is 1. The molecule has 0 radical (unpaired) electrons. The van der Waals surface area contributed by atoms with Crippen LogP contribution in [-0.4, -0.2) is 37.6 Å². The first-order chi connectivity index (χ1) is 9.58. The summed E-state index contributed by atoms with van der Waals surface area (Å²) in [6, 6.07) is 4.80. The third kappa shape index (κ3) is 5.17. The first-order valence-electron chi connectivity index (χ1n) is 6.94. The van der Waals surface area contributed by atoms with Crippen LogP contribution in [0.2, 0.25) is 0 Å². The highest BCUT2D eigenvalue weighted by atomic mass is 19.1. The highest BCUT2D eigenvalue weighted by Crippen LogP contribution is 2.18. The maximum atomic E-state index is 13.8. The van der Waals surface area contributed by atoms with Crippen LogP contribution in [0.4, 0.5) is 4.39 Å². The lowest BCUT2D eigenvalue weighted by molar-refractivity contribution is -0.131. The van der Waals surface area contributed by atoms with Crippen molar-refractivity contribution in [1.82, 2.24) is 10.2 Å². The van der Waals surface area contributed by atoms with E-state index in [4.69, 9.17) is 4.74 Å². The molecule has 0 bridgehead atoms. The van der Waals surface area contributed by atoms with Crippen LogP contribution in [0.25, 0.3) is 0 Å². The largest absolute Gasteiger partial charge is 0.481 e. The van der Waals surface area contributed by atoms with Gasteiger partial charge in [-0.25, -0.2) is 4.39 Å². The Morgan fingerprint density at radius 2 is 2.15 bits per heavy atom. The van der Waals surface area contributed by atoms with Gasteiger partial charge in [0.25, 0.3) is 5.91 Å². The summed E-state index contributed by atoms with van der Waals surface area (Å²) in [7, 11) is 1.69. The van der Waals surface area contributed by atoms with Crippen molar-refractivity contribution in [3.8, 4) is 5.75 Å². The summed E-state index contributed by atoms with van der Waals surface area (Å²) in [5.41, 5.74) is 0.861. The number of hydrogen-bond acceptors (Lipinski definition) is 3. The molecule has 1 rings (SSSR count). The molecule has 0 saturated carbocycles. The zero-order chi connectivity index (χ0) is 15.0. The van der Waals surface area contributed by atoms with E-state index in [9.17, 15) is 9.18 Å². The van der Waals surface area contributed by atoms with Crippen LogP contribution in [0.5, 0.6) is 5.75 Å². The highest BCUT2D eigenvalue weighted by Gasteiger charge is 2.10. The highest BCUT2D eigenvalue weighted by molar-refractivity contribution is 5.77. The molecular formula is C15H23FN2O2. The smallest absolute Gasteiger partial charge is 0.260 e. The predicted octanol–water partition coefficient (Wildman–Crippen LogP) is 2.18. The Morgan fingerprint density at radius 3 is 2.75 bits per heavy atom. The van der Waals surface area contributed by atoms with Crippen LogP contribution in [0.3, 0.4) is 0 Å². The second kappa shape index (κ2) is 8.53. The molecule has 0 fully saturated rings. The van der Waals surface area contributed by atoms with Gasteiger partial charge in [0.2, 0.25) is 0 Å². The first-order valence-corrected chi connectivity index (χ1v) is 6.94. The molecule has 4 nitrogen and oxygen atoms in total. The van der Waals surface area contributed by atoms with Crippen molar-refractivity contribution in [3.05, 3.63) is 29.6 Å². The van der Waals surface area contributed by atoms with Crippen molar-refractivity contribution in [1.29, 1.82) is 0 Å². The lowest BCUT2D eigenvalue weighted by atomic mass is 10.2. The van der Waals surface area contributed by atoms with Gasteiger partial charge in [0.1, 0.15) is 0 Å². The molecule has 0 aliphatic heterocycles. The van der Waals surface area contributed by atoms with Gasteiger partial charge in [-0.3, -0.25) is 4.79 Å². The van der Waals surface area contributed by atoms with Crippen LogP contribution in [0.1, 0.15) is 25.8 Å². The topological polar surface area (TPSA) is 41.6 Å². The van der Waals surface area contributed by atoms with Gasteiger partial charge in [0.05, 0.1) is 0 Å². The van der Waals surface area contributed by atoms with Gasteiger partial charge in [0.15, 0.2) is 18.2 Å². The van der Waals surface area contributed by atoms with Gasteiger partial charge >= 0.3 is 0 Å². The summed E-state index contributed by atoms with van der Waals surface area (Å²) in [6.45, 7) is 5.94. The van der Waals surface area contributed by atoms with E-state index >= 15 is 0 Å². The molecule has 1 N–H and O–H groups in total. The molecule has 0 aliphatic rings. The SMILES string of the molecule is CCCNCc1ccc(OCC(=O)N(C)CC)c(F)c1. The van der Waals surface area contributed by atoms with Crippen LogP contribution >= 0.6 is 0 Å². The Labute approximate surface area is 119 Å². The van der Waals surface area contributed by atoms with Crippen LogP contribution in [-0.2, 0) is 11.3 Å². The number of hydrogen-bond donors (Lipinski definition) is 1. The molecule has 0 atom stereocenters. The lowest BCUT2D eigenvalue weighted by Crippen LogP contribution is -2.31. The second-order valence-corrected chi connectivity index (χ2v) is 4.64. The fourth-order valence-electron chi connectivity index (χ4n) is 1.61. The standard InChI is InChI=1S/C15H23FN2O2/c1-4-8-17-10-12-6-7-14(13(16)9-12)20-11-15(19)18(3)5-2/h6-7,9,17H,4-5,8,10-11H2,1-3H3. The van der Waals surface area contributed by atoms with Crippen LogP contribution in [0, 0.1) is 5.82 Å². The van der Waals surface area contributed by atoms with Crippen molar-refractivity contribution in [3.63, 3.8) is 0 Å². The molecule has 0 aliphatic carbocycles. The Bertz CT molecular complexity index is 438. The third-order valence-electron chi connectivity index (χ3n) is 3.00.